The largest absolute Gasteiger partial charge is 0.459 e. The molecule has 2 N–H and O–H groups in total. The number of nitrogens with one attached hydrogen (secondary N) is 1. The third-order valence-corrected chi connectivity index (χ3v) is 13.8. The Bertz CT molecular complexity index is 2150. The second kappa shape index (κ2) is 21.6. The van der Waals surface area contributed by atoms with E-state index in [0.717, 1.165) is 18.2 Å². The van der Waals surface area contributed by atoms with Crippen molar-refractivity contribution in [3.8, 4) is 11.3 Å². The number of aryl methyl sites for hydroxylation is 1. The van der Waals surface area contributed by atoms with Gasteiger partial charge in [0, 0.05) is 68.4 Å². The quantitative estimate of drug-likeness (QED) is 0.0905. The van der Waals surface area contributed by atoms with Crippen molar-refractivity contribution in [1.29, 1.82) is 0 Å². The summed E-state index contributed by atoms with van der Waals surface area (Å²) in [5.74, 6) is -4.52. The zero-order valence-corrected chi connectivity index (χ0v) is 40.4. The number of hydrogen-bond acceptors (Lipinski definition) is 15. The summed E-state index contributed by atoms with van der Waals surface area (Å²) in [6, 6.07) is 10.2. The molecule has 67 heavy (non-hydrogen) atoms. The highest BCUT2D eigenvalue weighted by Gasteiger charge is 2.60. The second-order valence-corrected chi connectivity index (χ2v) is 19.1. The number of pyridine rings is 1. The molecule has 13 atom stereocenters. The van der Waals surface area contributed by atoms with Gasteiger partial charge in [-0.05, 0) is 105 Å². The van der Waals surface area contributed by atoms with E-state index >= 15 is 4.39 Å². The number of amides is 1. The van der Waals surface area contributed by atoms with Crippen LogP contribution in [-0.4, -0.2) is 159 Å². The summed E-state index contributed by atoms with van der Waals surface area (Å²) in [6.07, 6.45) is 2.54. The van der Waals surface area contributed by atoms with E-state index < -0.39 is 101 Å². The zero-order valence-electron chi connectivity index (χ0n) is 40.4. The van der Waals surface area contributed by atoms with Gasteiger partial charge in [0.05, 0.1) is 41.4 Å². The molecule has 6 rings (SSSR count). The van der Waals surface area contributed by atoms with Gasteiger partial charge in [0.15, 0.2) is 17.7 Å². The minimum atomic E-state index is -3.20. The molecule has 0 saturated carbocycles. The van der Waals surface area contributed by atoms with Crippen molar-refractivity contribution >= 4 is 23.8 Å². The van der Waals surface area contributed by atoms with Crippen LogP contribution in [0.15, 0.2) is 67.4 Å². The molecular weight excluding hydrogens is 868 g/mol. The molecule has 3 aromatic rings. The molecule has 0 unspecified atom stereocenters. The monoisotopic (exact) mass is 937 g/mol. The number of fused-ring (bicyclic) bond motifs is 1. The Morgan fingerprint density at radius 1 is 1.04 bits per heavy atom. The Labute approximate surface area is 393 Å². The van der Waals surface area contributed by atoms with Gasteiger partial charge in [-0.25, -0.2) is 23.8 Å². The van der Waals surface area contributed by atoms with E-state index in [-0.39, 0.29) is 25.9 Å². The first-order valence-electron chi connectivity index (χ1n) is 23.3. The van der Waals surface area contributed by atoms with Crippen LogP contribution in [0.25, 0.3) is 11.3 Å². The number of esters is 2. The standard InChI is InChI=1S/C49H69FN6O11/c1-11-38-49(7)40(56(46(61)67-49)23-16-15-22-55-27-36(52-29-55)34-20-17-21-51-26-34)32(4)53-30(2)25-47(5,62-10)42(31(3)41(58)48(6,50)45(60)65-38)66-44-39(57)37(54(8)9)24-35(64-44)28-63-43(59)33-18-13-12-14-19-33/h12-14,17-21,26-27,29-32,35,37-40,42,44,53,57H,11,15-16,22-25,28H2,1-10H3/t30-,31+,32+,35+,37+,38+,39-,40-,42-,44+,47+,48+,49-/m1/s1. The Kier molecular flexibility index (Phi) is 16.6. The minimum absolute atomic E-state index is 0.140. The number of unbranched alkanes of at least 4 members (excludes halogenated alkanes) is 1. The van der Waals surface area contributed by atoms with Crippen molar-refractivity contribution in [2.45, 2.75) is 159 Å². The second-order valence-electron chi connectivity index (χ2n) is 19.1. The molecule has 0 aliphatic carbocycles. The van der Waals surface area contributed by atoms with E-state index in [9.17, 15) is 24.3 Å². The third kappa shape index (κ3) is 11.4. The molecule has 2 aromatic heterocycles. The first-order chi connectivity index (χ1) is 31.7. The molecule has 3 aliphatic rings. The van der Waals surface area contributed by atoms with E-state index in [1.807, 2.05) is 36.7 Å². The summed E-state index contributed by atoms with van der Waals surface area (Å²) in [7, 11) is 5.01. The van der Waals surface area contributed by atoms with Gasteiger partial charge in [-0.1, -0.05) is 32.0 Å². The number of benzene rings is 1. The number of Topliss-reactive ketones (excluding diaryl/α,β-unsaturated/α-hetero) is 1. The lowest BCUT2D eigenvalue weighted by atomic mass is 9.78. The normalized spacial score (nSPS) is 34.3. The molecule has 368 valence electrons. The number of ether oxygens (including phenoxy) is 6. The van der Waals surface area contributed by atoms with E-state index in [1.54, 1.807) is 93.7 Å². The first kappa shape index (κ1) is 51.5. The first-order valence-corrected chi connectivity index (χ1v) is 23.3. The van der Waals surface area contributed by atoms with Gasteiger partial charge < -0.3 is 48.3 Å². The summed E-state index contributed by atoms with van der Waals surface area (Å²) in [4.78, 5) is 67.6. The number of alkyl halides is 1. The molecule has 17 nitrogen and oxygen atoms in total. The molecule has 5 heterocycles. The van der Waals surface area contributed by atoms with Crippen LogP contribution in [0.2, 0.25) is 0 Å². The molecule has 0 spiro atoms. The number of likely N-dealkylation sites (N-methyl/N-ethyl adjacent to an activating group) is 1. The summed E-state index contributed by atoms with van der Waals surface area (Å²) in [5, 5.41) is 15.4. The van der Waals surface area contributed by atoms with Crippen molar-refractivity contribution in [3.05, 3.63) is 72.9 Å². The molecule has 18 heteroatoms. The highest BCUT2D eigenvalue weighted by Crippen LogP contribution is 2.41. The number of ketones is 1. The average Bonchev–Trinajstić information content (AvgIpc) is 3.89. The highest BCUT2D eigenvalue weighted by molar-refractivity contribution is 6.07. The number of hydrogen-bond donors (Lipinski definition) is 2. The maximum atomic E-state index is 17.1. The van der Waals surface area contributed by atoms with Gasteiger partial charge in [-0.15, -0.1) is 0 Å². The van der Waals surface area contributed by atoms with Gasteiger partial charge in [-0.2, -0.15) is 0 Å². The fraction of sp³-hybridized carbons (Fsp3) is 0.633. The van der Waals surface area contributed by atoms with E-state index in [1.165, 1.54) is 14.0 Å². The van der Waals surface area contributed by atoms with Crippen molar-refractivity contribution in [2.75, 3.05) is 34.4 Å². The smallest absolute Gasteiger partial charge is 0.410 e. The van der Waals surface area contributed by atoms with Crippen LogP contribution >= 0.6 is 0 Å². The number of cyclic esters (lactones) is 1. The lowest BCUT2D eigenvalue weighted by molar-refractivity contribution is -0.300. The zero-order chi connectivity index (χ0) is 48.8. The number of aromatic nitrogens is 3. The van der Waals surface area contributed by atoms with Crippen LogP contribution in [0.1, 0.15) is 90.9 Å². The van der Waals surface area contributed by atoms with Crippen molar-refractivity contribution in [1.82, 2.24) is 29.7 Å². The predicted octanol–water partition coefficient (Wildman–Crippen LogP) is 5.38. The number of methoxy groups -OCH3 is 1. The summed E-state index contributed by atoms with van der Waals surface area (Å²) >= 11 is 0. The van der Waals surface area contributed by atoms with E-state index in [0.29, 0.717) is 31.5 Å². The maximum Gasteiger partial charge on any atom is 0.410 e. The van der Waals surface area contributed by atoms with Crippen molar-refractivity contribution in [2.24, 2.45) is 5.92 Å². The number of carbonyl (C=O) groups is 4. The van der Waals surface area contributed by atoms with Crippen LogP contribution in [0, 0.1) is 5.92 Å². The fourth-order valence-corrected chi connectivity index (χ4v) is 10.2. The number of rotatable bonds is 14. The minimum Gasteiger partial charge on any atom is -0.459 e. The number of aliphatic hydroxyl groups excluding tert-OH is 1. The summed E-state index contributed by atoms with van der Waals surface area (Å²) in [5.41, 5.74) is -3.99. The Hall–Kier alpha value is -4.85. The Morgan fingerprint density at radius 3 is 2.42 bits per heavy atom. The topological polar surface area (TPSA) is 193 Å². The third-order valence-electron chi connectivity index (χ3n) is 13.8. The maximum absolute atomic E-state index is 17.1. The predicted molar refractivity (Wildman–Crippen MR) is 244 cm³/mol. The lowest BCUT2D eigenvalue weighted by Gasteiger charge is -2.47. The Balaban J connectivity index is 1.25. The van der Waals surface area contributed by atoms with Crippen LogP contribution < -0.4 is 5.32 Å². The van der Waals surface area contributed by atoms with Crippen LogP contribution in [0.3, 0.4) is 0 Å². The number of aliphatic hydroxyl groups is 1. The van der Waals surface area contributed by atoms with Gasteiger partial charge >= 0.3 is 18.0 Å². The van der Waals surface area contributed by atoms with Gasteiger partial charge in [0.1, 0.15) is 18.8 Å². The van der Waals surface area contributed by atoms with Crippen molar-refractivity contribution < 1.29 is 57.1 Å². The molecule has 3 saturated heterocycles. The molecule has 3 aliphatic heterocycles. The van der Waals surface area contributed by atoms with E-state index in [4.69, 9.17) is 28.4 Å². The average molecular weight is 937 g/mol. The van der Waals surface area contributed by atoms with Gasteiger partial charge in [0.25, 0.3) is 5.67 Å². The Morgan fingerprint density at radius 2 is 1.76 bits per heavy atom. The molecule has 0 radical (unpaired) electrons. The fourth-order valence-electron chi connectivity index (χ4n) is 10.2. The number of nitrogens with zero attached hydrogens (tertiary/aromatic N) is 5. The van der Waals surface area contributed by atoms with Crippen LogP contribution in [-0.2, 0) is 44.6 Å². The summed E-state index contributed by atoms with van der Waals surface area (Å²) < 4.78 is 56.0. The number of imidazole rings is 1. The van der Waals surface area contributed by atoms with Gasteiger partial charge in [-0.3, -0.25) is 14.7 Å². The van der Waals surface area contributed by atoms with Crippen molar-refractivity contribution in [3.63, 3.8) is 0 Å². The lowest BCUT2D eigenvalue weighted by Crippen LogP contribution is -2.64. The molecular formula is C49H69FN6O11. The van der Waals surface area contributed by atoms with Crippen LogP contribution in [0.4, 0.5) is 9.18 Å². The van der Waals surface area contributed by atoms with Gasteiger partial charge in [0.2, 0.25) is 0 Å². The molecule has 1 aromatic carbocycles. The van der Waals surface area contributed by atoms with E-state index in [2.05, 4.69) is 15.3 Å². The summed E-state index contributed by atoms with van der Waals surface area (Å²) in [6.45, 7) is 12.1. The number of carbonyl (C=O) groups excluding carboxylic acids is 4. The number of halogens is 1. The SMILES string of the molecule is CC[C@@H]1OC(=O)[C@@](C)(F)C(=O)[C@H](C)[C@@H](O[C@@H]2O[C@H](COC(=O)c3ccccc3)C[C@H](N(C)C)[C@H]2O)[C@@](C)(OC)C[C@@H](C)N[C@@H](C)[C@H]2N(CCCCn3cnc(-c4cccnc4)c3)C(=O)O[C@]12C. The molecule has 0 bridgehead atoms. The highest BCUT2D eigenvalue weighted by atomic mass is 19.1. The molecule has 3 fully saturated rings. The molecule has 1 amide bonds. The van der Waals surface area contributed by atoms with Crippen LogP contribution in [0.5, 0.6) is 0 Å².